The number of aryl methyl sites for hydroxylation is 1. The van der Waals surface area contributed by atoms with Crippen LogP contribution in [0.5, 0.6) is 5.75 Å². The van der Waals surface area contributed by atoms with Crippen molar-refractivity contribution in [2.75, 3.05) is 24.5 Å². The van der Waals surface area contributed by atoms with Crippen molar-refractivity contribution in [3.8, 4) is 5.75 Å². The lowest BCUT2D eigenvalue weighted by atomic mass is 10.1. The van der Waals surface area contributed by atoms with Crippen LogP contribution >= 0.6 is 0 Å². The minimum absolute atomic E-state index is 0.0122. The normalized spacial score (nSPS) is 11.9. The maximum absolute atomic E-state index is 13.8. The molecule has 3 aromatic carbocycles. The second-order valence-corrected chi connectivity index (χ2v) is 10.6. The van der Waals surface area contributed by atoms with Crippen molar-refractivity contribution in [3.63, 3.8) is 0 Å². The molecule has 0 radical (unpaired) electrons. The van der Waals surface area contributed by atoms with Gasteiger partial charge in [0, 0.05) is 13.1 Å². The van der Waals surface area contributed by atoms with Crippen LogP contribution in [0, 0.1) is 12.7 Å². The van der Waals surface area contributed by atoms with Gasteiger partial charge in [0.15, 0.2) is 0 Å². The van der Waals surface area contributed by atoms with E-state index in [4.69, 9.17) is 4.74 Å². The Labute approximate surface area is 223 Å². The number of anilines is 1. The van der Waals surface area contributed by atoms with Crippen molar-refractivity contribution in [2.45, 2.75) is 38.3 Å². The maximum Gasteiger partial charge on any atom is 0.264 e. The molecule has 10 heteroatoms. The Morgan fingerprint density at radius 1 is 0.974 bits per heavy atom. The maximum atomic E-state index is 13.8. The molecule has 0 bridgehead atoms. The van der Waals surface area contributed by atoms with Gasteiger partial charge < -0.3 is 15.0 Å². The molecule has 3 aromatic rings. The van der Waals surface area contributed by atoms with Gasteiger partial charge in [-0.2, -0.15) is 0 Å². The van der Waals surface area contributed by atoms with Gasteiger partial charge in [0.25, 0.3) is 10.0 Å². The molecule has 0 aliphatic carbocycles. The Bertz CT molecular complexity index is 1340. The number of nitrogens with one attached hydrogen (secondary N) is 1. The first-order valence-corrected chi connectivity index (χ1v) is 13.6. The SMILES string of the molecule is CCNC(=O)[C@@H](C)N(Cc1ccc(F)cc1)C(=O)CN(c1ccc(C)cc1)S(=O)(=O)c1ccc(OC)cc1. The number of hydrogen-bond acceptors (Lipinski definition) is 5. The van der Waals surface area contributed by atoms with Crippen LogP contribution in [0.1, 0.15) is 25.0 Å². The second kappa shape index (κ2) is 12.6. The molecule has 0 unspecified atom stereocenters. The molecule has 0 saturated heterocycles. The monoisotopic (exact) mass is 541 g/mol. The number of benzene rings is 3. The highest BCUT2D eigenvalue weighted by Crippen LogP contribution is 2.26. The third kappa shape index (κ3) is 6.89. The minimum Gasteiger partial charge on any atom is -0.497 e. The molecule has 1 atom stereocenters. The molecule has 3 rings (SSSR count). The van der Waals surface area contributed by atoms with Crippen LogP contribution in [0.15, 0.2) is 77.7 Å². The summed E-state index contributed by atoms with van der Waals surface area (Å²) >= 11 is 0. The smallest absolute Gasteiger partial charge is 0.264 e. The van der Waals surface area contributed by atoms with Crippen molar-refractivity contribution in [1.29, 1.82) is 0 Å². The van der Waals surface area contributed by atoms with Gasteiger partial charge in [-0.05, 0) is 74.9 Å². The van der Waals surface area contributed by atoms with Crippen LogP contribution in [0.4, 0.5) is 10.1 Å². The fraction of sp³-hybridized carbons (Fsp3) is 0.286. The van der Waals surface area contributed by atoms with E-state index in [1.807, 2.05) is 6.92 Å². The molecule has 8 nitrogen and oxygen atoms in total. The molecule has 1 N–H and O–H groups in total. The number of carbonyl (C=O) groups excluding carboxylic acids is 2. The molecule has 0 fully saturated rings. The lowest BCUT2D eigenvalue weighted by Crippen LogP contribution is -2.51. The van der Waals surface area contributed by atoms with E-state index in [2.05, 4.69) is 5.32 Å². The summed E-state index contributed by atoms with van der Waals surface area (Å²) in [6.45, 7) is 5.00. The van der Waals surface area contributed by atoms with Gasteiger partial charge in [0.1, 0.15) is 24.2 Å². The molecule has 0 heterocycles. The minimum atomic E-state index is -4.18. The number of hydrogen-bond donors (Lipinski definition) is 1. The largest absolute Gasteiger partial charge is 0.497 e. The molecule has 0 aromatic heterocycles. The Kier molecular flexibility index (Phi) is 9.46. The van der Waals surface area contributed by atoms with Crippen LogP contribution in [0.3, 0.4) is 0 Å². The number of likely N-dealkylation sites (N-methyl/N-ethyl adjacent to an activating group) is 1. The van der Waals surface area contributed by atoms with E-state index in [1.54, 1.807) is 38.1 Å². The fourth-order valence-electron chi connectivity index (χ4n) is 3.81. The number of sulfonamides is 1. The third-order valence-electron chi connectivity index (χ3n) is 6.03. The van der Waals surface area contributed by atoms with E-state index < -0.39 is 34.3 Å². The van der Waals surface area contributed by atoms with E-state index in [0.29, 0.717) is 23.5 Å². The van der Waals surface area contributed by atoms with E-state index in [1.165, 1.54) is 60.5 Å². The predicted octanol–water partition coefficient (Wildman–Crippen LogP) is 3.89. The Morgan fingerprint density at radius 2 is 1.58 bits per heavy atom. The number of ether oxygens (including phenoxy) is 1. The van der Waals surface area contributed by atoms with Gasteiger partial charge in [0.2, 0.25) is 11.8 Å². The summed E-state index contributed by atoms with van der Waals surface area (Å²) in [6, 6.07) is 17.3. The summed E-state index contributed by atoms with van der Waals surface area (Å²) in [4.78, 5) is 27.7. The first-order valence-electron chi connectivity index (χ1n) is 12.1. The molecular weight excluding hydrogens is 509 g/mol. The highest BCUT2D eigenvalue weighted by Gasteiger charge is 2.32. The van der Waals surface area contributed by atoms with E-state index in [0.717, 1.165) is 9.87 Å². The van der Waals surface area contributed by atoms with E-state index >= 15 is 0 Å². The topological polar surface area (TPSA) is 96.0 Å². The number of carbonyl (C=O) groups is 2. The van der Waals surface area contributed by atoms with Crippen molar-refractivity contribution in [3.05, 3.63) is 89.7 Å². The van der Waals surface area contributed by atoms with E-state index in [-0.39, 0.29) is 17.3 Å². The van der Waals surface area contributed by atoms with Gasteiger partial charge in [0.05, 0.1) is 17.7 Å². The highest BCUT2D eigenvalue weighted by atomic mass is 32.2. The number of nitrogens with zero attached hydrogens (tertiary/aromatic N) is 2. The van der Waals surface area contributed by atoms with Crippen molar-refractivity contribution in [1.82, 2.24) is 10.2 Å². The second-order valence-electron chi connectivity index (χ2n) is 8.74. The van der Waals surface area contributed by atoms with E-state index in [9.17, 15) is 22.4 Å². The zero-order chi connectivity index (χ0) is 27.9. The molecule has 0 saturated carbocycles. The molecule has 0 aliphatic rings. The zero-order valence-corrected chi connectivity index (χ0v) is 22.7. The molecule has 0 spiro atoms. The highest BCUT2D eigenvalue weighted by molar-refractivity contribution is 7.92. The number of amides is 2. The molecule has 0 aliphatic heterocycles. The van der Waals surface area contributed by atoms with Crippen molar-refractivity contribution in [2.24, 2.45) is 0 Å². The average molecular weight is 542 g/mol. The van der Waals surface area contributed by atoms with Gasteiger partial charge in [-0.25, -0.2) is 12.8 Å². The Balaban J connectivity index is 2.01. The summed E-state index contributed by atoms with van der Waals surface area (Å²) in [6.07, 6.45) is 0. The third-order valence-corrected chi connectivity index (χ3v) is 7.82. The number of halogens is 1. The summed E-state index contributed by atoms with van der Waals surface area (Å²) in [7, 11) is -2.70. The fourth-order valence-corrected chi connectivity index (χ4v) is 5.22. The lowest BCUT2D eigenvalue weighted by Gasteiger charge is -2.32. The van der Waals surface area contributed by atoms with Crippen LogP contribution < -0.4 is 14.4 Å². The van der Waals surface area contributed by atoms with Crippen LogP contribution in [0.2, 0.25) is 0 Å². The van der Waals surface area contributed by atoms with Crippen molar-refractivity contribution >= 4 is 27.5 Å². The standard InChI is InChI=1S/C28H32FN3O5S/c1-5-30-28(34)21(3)31(18-22-8-10-23(29)11-9-22)27(33)19-32(24-12-6-20(2)7-13-24)38(35,36)26-16-14-25(37-4)15-17-26/h6-17,21H,5,18-19H2,1-4H3,(H,30,34)/t21-/m1/s1. The summed E-state index contributed by atoms with van der Waals surface area (Å²) in [5, 5.41) is 2.70. The number of rotatable bonds is 11. The Morgan fingerprint density at radius 3 is 2.13 bits per heavy atom. The molecule has 2 amide bonds. The molecule has 38 heavy (non-hydrogen) atoms. The molecule has 202 valence electrons. The van der Waals surface area contributed by atoms with Crippen molar-refractivity contribution < 1.29 is 27.1 Å². The van der Waals surface area contributed by atoms with Gasteiger partial charge in [-0.1, -0.05) is 29.8 Å². The molecular formula is C28H32FN3O5S. The first-order chi connectivity index (χ1) is 18.1. The van der Waals surface area contributed by atoms with Crippen LogP contribution in [-0.2, 0) is 26.2 Å². The van der Waals surface area contributed by atoms with Gasteiger partial charge in [-0.15, -0.1) is 0 Å². The van der Waals surface area contributed by atoms with Gasteiger partial charge in [-0.3, -0.25) is 13.9 Å². The number of methoxy groups -OCH3 is 1. The average Bonchev–Trinajstić information content (AvgIpc) is 2.91. The Hall–Kier alpha value is -3.92. The predicted molar refractivity (Wildman–Crippen MR) is 144 cm³/mol. The quantitative estimate of drug-likeness (QED) is 0.397. The summed E-state index contributed by atoms with van der Waals surface area (Å²) < 4.78 is 47.2. The first kappa shape index (κ1) is 28.6. The summed E-state index contributed by atoms with van der Waals surface area (Å²) in [5.41, 5.74) is 1.81. The lowest BCUT2D eigenvalue weighted by molar-refractivity contribution is -0.139. The zero-order valence-electron chi connectivity index (χ0n) is 21.8. The summed E-state index contributed by atoms with van der Waals surface area (Å²) in [5.74, 6) is -0.920. The van der Waals surface area contributed by atoms with Gasteiger partial charge >= 0.3 is 0 Å². The van der Waals surface area contributed by atoms with Crippen LogP contribution in [-0.4, -0.2) is 51.4 Å². The van der Waals surface area contributed by atoms with Crippen LogP contribution in [0.25, 0.3) is 0 Å².